The van der Waals surface area contributed by atoms with Gasteiger partial charge in [0.25, 0.3) is 0 Å². The Balaban J connectivity index is 1.97. The summed E-state index contributed by atoms with van der Waals surface area (Å²) in [6.07, 6.45) is -3.05. The Bertz CT molecular complexity index is 1220. The second-order valence-corrected chi connectivity index (χ2v) is 9.67. The van der Waals surface area contributed by atoms with Crippen LogP contribution in [0.3, 0.4) is 0 Å². The Kier molecular flexibility index (Phi) is 8.18. The average molecular weight is 507 g/mol. The number of hydrogen-bond acceptors (Lipinski definition) is 7. The fourth-order valence-corrected chi connectivity index (χ4v) is 3.92. The molecule has 0 aliphatic carbocycles. The Labute approximate surface area is 208 Å². The van der Waals surface area contributed by atoms with Gasteiger partial charge in [-0.3, -0.25) is 0 Å². The number of hydrogen-bond donors (Lipinski definition) is 3. The second kappa shape index (κ2) is 10.8. The smallest absolute Gasteiger partial charge is 0.416 e. The molecule has 0 aliphatic rings. The third-order valence-corrected chi connectivity index (χ3v) is 5.88. The van der Waals surface area contributed by atoms with E-state index in [0.717, 1.165) is 18.6 Å². The van der Waals surface area contributed by atoms with E-state index >= 15 is 0 Å². The number of fused-ring (bicyclic) bond motifs is 1. The SMILES string of the molecule is COc1cc2nc(C)nc(N[C@H](C)c3cc(N)cc(C(F)(F)F)c3)c2cc1OCC(C)(C)CCCO. The molecule has 3 aromatic rings. The Morgan fingerprint density at radius 1 is 1.08 bits per heavy atom. The zero-order valence-corrected chi connectivity index (χ0v) is 21.2. The fourth-order valence-electron chi connectivity index (χ4n) is 3.92. The van der Waals surface area contributed by atoms with Crippen molar-refractivity contribution in [1.82, 2.24) is 9.97 Å². The lowest BCUT2D eigenvalue weighted by molar-refractivity contribution is -0.137. The van der Waals surface area contributed by atoms with Crippen LogP contribution in [0.15, 0.2) is 30.3 Å². The van der Waals surface area contributed by atoms with Crippen LogP contribution in [-0.2, 0) is 6.18 Å². The van der Waals surface area contributed by atoms with E-state index in [9.17, 15) is 13.2 Å². The van der Waals surface area contributed by atoms with Gasteiger partial charge in [0.05, 0.1) is 30.8 Å². The van der Waals surface area contributed by atoms with Gasteiger partial charge in [0.2, 0.25) is 0 Å². The summed E-state index contributed by atoms with van der Waals surface area (Å²) in [7, 11) is 1.54. The predicted octanol–water partition coefficient (Wildman–Crippen LogP) is 5.90. The van der Waals surface area contributed by atoms with Crippen molar-refractivity contribution < 1.29 is 27.8 Å². The summed E-state index contributed by atoms with van der Waals surface area (Å²) in [6.45, 7) is 8.09. The molecule has 0 spiro atoms. The summed E-state index contributed by atoms with van der Waals surface area (Å²) in [5.74, 6) is 1.94. The van der Waals surface area contributed by atoms with Crippen LogP contribution < -0.4 is 20.5 Å². The van der Waals surface area contributed by atoms with Crippen LogP contribution in [-0.4, -0.2) is 35.4 Å². The van der Waals surface area contributed by atoms with Crippen molar-refractivity contribution in [2.75, 3.05) is 31.4 Å². The lowest BCUT2D eigenvalue weighted by Gasteiger charge is -2.25. The summed E-state index contributed by atoms with van der Waals surface area (Å²) >= 11 is 0. The molecule has 36 heavy (non-hydrogen) atoms. The Morgan fingerprint density at radius 2 is 1.81 bits per heavy atom. The van der Waals surface area contributed by atoms with Crippen molar-refractivity contribution in [2.24, 2.45) is 5.41 Å². The van der Waals surface area contributed by atoms with Gasteiger partial charge in [0.15, 0.2) is 11.5 Å². The highest BCUT2D eigenvalue weighted by Gasteiger charge is 2.31. The maximum absolute atomic E-state index is 13.3. The molecular formula is C26H33F3N4O3. The van der Waals surface area contributed by atoms with E-state index in [-0.39, 0.29) is 17.7 Å². The Hall–Kier alpha value is -3.27. The Morgan fingerprint density at radius 3 is 2.44 bits per heavy atom. The molecule has 1 heterocycles. The summed E-state index contributed by atoms with van der Waals surface area (Å²) in [6, 6.07) is 6.49. The molecule has 196 valence electrons. The summed E-state index contributed by atoms with van der Waals surface area (Å²) < 4.78 is 51.5. The van der Waals surface area contributed by atoms with Crippen LogP contribution in [0.2, 0.25) is 0 Å². The number of halogens is 3. The molecule has 0 radical (unpaired) electrons. The highest BCUT2D eigenvalue weighted by atomic mass is 19.4. The number of nitrogens with one attached hydrogen (secondary N) is 1. The van der Waals surface area contributed by atoms with Gasteiger partial charge in [-0.25, -0.2) is 9.97 Å². The molecule has 4 N–H and O–H groups in total. The predicted molar refractivity (Wildman–Crippen MR) is 134 cm³/mol. The van der Waals surface area contributed by atoms with Crippen LogP contribution in [0.1, 0.15) is 56.6 Å². The van der Waals surface area contributed by atoms with Crippen molar-refractivity contribution in [2.45, 2.75) is 52.8 Å². The number of methoxy groups -OCH3 is 1. The number of benzene rings is 2. The van der Waals surface area contributed by atoms with Gasteiger partial charge in [-0.1, -0.05) is 13.8 Å². The van der Waals surface area contributed by atoms with E-state index < -0.39 is 17.8 Å². The number of alkyl halides is 3. The lowest BCUT2D eigenvalue weighted by atomic mass is 9.89. The van der Waals surface area contributed by atoms with Gasteiger partial charge >= 0.3 is 6.18 Å². The van der Waals surface area contributed by atoms with Crippen LogP contribution in [0.5, 0.6) is 11.5 Å². The number of ether oxygens (including phenoxy) is 2. The summed E-state index contributed by atoms with van der Waals surface area (Å²) in [5, 5.41) is 13.0. The van der Waals surface area contributed by atoms with Crippen LogP contribution in [0.4, 0.5) is 24.7 Å². The maximum Gasteiger partial charge on any atom is 0.416 e. The standard InChI is InChI=1S/C26H33F3N4O3/c1-15(17-9-18(26(27,28)29)11-19(30)10-17)31-24-20-12-23(36-14-25(3,4)7-6-8-34)22(35-5)13-21(20)32-16(2)33-24/h9-13,15,34H,6-8,14,30H2,1-5H3,(H,31,32,33)/t15-/m1/s1. The van der Waals surface area contributed by atoms with E-state index in [1.807, 2.05) is 0 Å². The van der Waals surface area contributed by atoms with Crippen molar-refractivity contribution in [3.8, 4) is 11.5 Å². The van der Waals surface area contributed by atoms with Crippen molar-refractivity contribution >= 4 is 22.4 Å². The van der Waals surface area contributed by atoms with Crippen molar-refractivity contribution in [3.63, 3.8) is 0 Å². The molecule has 1 atom stereocenters. The summed E-state index contributed by atoms with van der Waals surface area (Å²) in [4.78, 5) is 9.00. The molecule has 10 heteroatoms. The quantitative estimate of drug-likeness (QED) is 0.294. The molecule has 0 aliphatic heterocycles. The summed E-state index contributed by atoms with van der Waals surface area (Å²) in [5.41, 5.74) is 5.78. The van der Waals surface area contributed by atoms with Gasteiger partial charge < -0.3 is 25.6 Å². The second-order valence-electron chi connectivity index (χ2n) is 9.67. The number of nitrogens with two attached hydrogens (primary N) is 1. The monoisotopic (exact) mass is 506 g/mol. The fraction of sp³-hybridized carbons (Fsp3) is 0.462. The van der Waals surface area contributed by atoms with Gasteiger partial charge in [0, 0.05) is 23.7 Å². The molecule has 3 rings (SSSR count). The molecule has 1 aromatic heterocycles. The molecule has 0 unspecified atom stereocenters. The van der Waals surface area contributed by atoms with Crippen LogP contribution in [0.25, 0.3) is 10.9 Å². The number of nitrogen functional groups attached to an aromatic ring is 1. The number of aromatic nitrogens is 2. The molecule has 0 saturated heterocycles. The van der Waals surface area contributed by atoms with E-state index in [2.05, 4.69) is 29.1 Å². The normalized spacial score (nSPS) is 13.0. The third kappa shape index (κ3) is 6.69. The molecule has 2 aromatic carbocycles. The largest absolute Gasteiger partial charge is 0.493 e. The number of nitrogens with zero attached hydrogens (tertiary/aromatic N) is 2. The zero-order chi connectivity index (χ0) is 26.7. The first-order valence-electron chi connectivity index (χ1n) is 11.7. The van der Waals surface area contributed by atoms with Gasteiger partial charge in [-0.05, 0) is 61.9 Å². The topological polar surface area (TPSA) is 103 Å². The van der Waals surface area contributed by atoms with Gasteiger partial charge in [-0.15, -0.1) is 0 Å². The minimum Gasteiger partial charge on any atom is -0.493 e. The zero-order valence-electron chi connectivity index (χ0n) is 21.2. The average Bonchev–Trinajstić information content (AvgIpc) is 2.80. The van der Waals surface area contributed by atoms with E-state index in [0.29, 0.717) is 52.6 Å². The van der Waals surface area contributed by atoms with Crippen molar-refractivity contribution in [3.05, 3.63) is 47.3 Å². The van der Waals surface area contributed by atoms with E-state index in [1.165, 1.54) is 13.2 Å². The van der Waals surface area contributed by atoms with E-state index in [4.69, 9.17) is 20.3 Å². The first kappa shape index (κ1) is 27.3. The first-order chi connectivity index (χ1) is 16.8. The number of aryl methyl sites for hydroxylation is 1. The molecule has 0 amide bonds. The number of aliphatic hydroxyl groups is 1. The third-order valence-electron chi connectivity index (χ3n) is 5.88. The molecule has 0 fully saturated rings. The maximum atomic E-state index is 13.3. The van der Waals surface area contributed by atoms with Gasteiger partial charge in [0.1, 0.15) is 11.6 Å². The number of anilines is 2. The molecular weight excluding hydrogens is 473 g/mol. The number of aliphatic hydroxyl groups excluding tert-OH is 1. The van der Waals surface area contributed by atoms with Crippen LogP contribution >= 0.6 is 0 Å². The highest BCUT2D eigenvalue weighted by Crippen LogP contribution is 2.37. The van der Waals surface area contributed by atoms with Crippen molar-refractivity contribution in [1.29, 1.82) is 0 Å². The molecule has 7 nitrogen and oxygen atoms in total. The van der Waals surface area contributed by atoms with Crippen LogP contribution in [0, 0.1) is 12.3 Å². The minimum atomic E-state index is -4.50. The molecule has 0 bridgehead atoms. The lowest BCUT2D eigenvalue weighted by Crippen LogP contribution is -2.22. The molecule has 0 saturated carbocycles. The van der Waals surface area contributed by atoms with Gasteiger partial charge in [-0.2, -0.15) is 13.2 Å². The minimum absolute atomic E-state index is 0.0291. The number of rotatable bonds is 10. The van der Waals surface area contributed by atoms with E-state index in [1.54, 1.807) is 26.0 Å². The first-order valence-corrected chi connectivity index (χ1v) is 11.7. The highest BCUT2D eigenvalue weighted by molar-refractivity contribution is 5.92.